The summed E-state index contributed by atoms with van der Waals surface area (Å²) in [6.45, 7) is 8.59. The Kier molecular flexibility index (Phi) is 4.37. The van der Waals surface area contributed by atoms with Gasteiger partial charge in [-0.1, -0.05) is 0 Å². The fraction of sp³-hybridized carbons (Fsp3) is 0.700. The van der Waals surface area contributed by atoms with Crippen molar-refractivity contribution in [3.05, 3.63) is 16.0 Å². The number of rotatable bonds is 4. The first kappa shape index (κ1) is 12.0. The number of aryl methyl sites for hydroxylation is 1. The highest BCUT2D eigenvalue weighted by Crippen LogP contribution is 2.02. The largest absolute Gasteiger partial charge is 0.312 e. The van der Waals surface area contributed by atoms with Gasteiger partial charge in [0.05, 0.1) is 9.77 Å². The van der Waals surface area contributed by atoms with E-state index in [1.807, 2.05) is 10.9 Å². The minimum Gasteiger partial charge on any atom is -0.312 e. The molecule has 80 valence electrons. The highest BCUT2D eigenvalue weighted by atomic mass is 127. The van der Waals surface area contributed by atoms with Crippen molar-refractivity contribution < 1.29 is 0 Å². The van der Waals surface area contributed by atoms with Gasteiger partial charge in [-0.05, 0) is 56.3 Å². The quantitative estimate of drug-likeness (QED) is 0.683. The molecule has 0 spiro atoms. The van der Waals surface area contributed by atoms with Crippen LogP contribution in [0.3, 0.4) is 0 Å². The van der Waals surface area contributed by atoms with Crippen LogP contribution in [0, 0.1) is 3.57 Å². The van der Waals surface area contributed by atoms with E-state index in [0.29, 0.717) is 0 Å². The highest BCUT2D eigenvalue weighted by Gasteiger charge is 2.07. The van der Waals surface area contributed by atoms with Gasteiger partial charge < -0.3 is 5.32 Å². The van der Waals surface area contributed by atoms with Crippen LogP contribution < -0.4 is 5.32 Å². The van der Waals surface area contributed by atoms with Crippen LogP contribution in [0.2, 0.25) is 0 Å². The van der Waals surface area contributed by atoms with E-state index in [4.69, 9.17) is 0 Å². The standard InChI is InChI=1S/C10H18IN3/c1-10(2,3)12-5-4-6-14-8-9(11)7-13-14/h7-8,12H,4-6H2,1-3H3. The topological polar surface area (TPSA) is 29.9 Å². The van der Waals surface area contributed by atoms with Crippen molar-refractivity contribution in [2.24, 2.45) is 0 Å². The second-order valence-electron chi connectivity index (χ2n) is 4.45. The molecule has 4 heteroatoms. The molecule has 0 saturated heterocycles. The average Bonchev–Trinajstić information content (AvgIpc) is 2.44. The molecule has 0 aliphatic heterocycles. The van der Waals surface area contributed by atoms with Crippen molar-refractivity contribution in [2.75, 3.05) is 6.54 Å². The molecule has 0 atom stereocenters. The van der Waals surface area contributed by atoms with E-state index in [1.54, 1.807) is 0 Å². The zero-order valence-electron chi connectivity index (χ0n) is 9.05. The lowest BCUT2D eigenvalue weighted by Gasteiger charge is -2.20. The number of aromatic nitrogens is 2. The summed E-state index contributed by atoms with van der Waals surface area (Å²) in [4.78, 5) is 0. The second-order valence-corrected chi connectivity index (χ2v) is 5.70. The van der Waals surface area contributed by atoms with Crippen LogP contribution in [-0.4, -0.2) is 21.9 Å². The Morgan fingerprint density at radius 2 is 2.21 bits per heavy atom. The molecule has 0 fully saturated rings. The summed E-state index contributed by atoms with van der Waals surface area (Å²) in [5, 5.41) is 7.69. The SMILES string of the molecule is CC(C)(C)NCCCn1cc(I)cn1. The Morgan fingerprint density at radius 1 is 1.50 bits per heavy atom. The van der Waals surface area contributed by atoms with E-state index in [2.05, 4.69) is 60.0 Å². The number of halogens is 1. The van der Waals surface area contributed by atoms with Gasteiger partial charge in [0.15, 0.2) is 0 Å². The summed E-state index contributed by atoms with van der Waals surface area (Å²) in [5.74, 6) is 0. The van der Waals surface area contributed by atoms with E-state index in [1.165, 1.54) is 3.57 Å². The zero-order valence-corrected chi connectivity index (χ0v) is 11.2. The van der Waals surface area contributed by atoms with E-state index in [-0.39, 0.29) is 5.54 Å². The van der Waals surface area contributed by atoms with Gasteiger partial charge >= 0.3 is 0 Å². The van der Waals surface area contributed by atoms with Gasteiger partial charge in [0.25, 0.3) is 0 Å². The molecule has 1 aromatic rings. The van der Waals surface area contributed by atoms with Gasteiger partial charge in [-0.2, -0.15) is 5.10 Å². The van der Waals surface area contributed by atoms with Crippen molar-refractivity contribution in [3.63, 3.8) is 0 Å². The van der Waals surface area contributed by atoms with E-state index in [9.17, 15) is 0 Å². The molecule has 0 aliphatic carbocycles. The molecular weight excluding hydrogens is 289 g/mol. The second kappa shape index (κ2) is 5.11. The highest BCUT2D eigenvalue weighted by molar-refractivity contribution is 14.1. The molecular formula is C10H18IN3. The van der Waals surface area contributed by atoms with Crippen molar-refractivity contribution in [3.8, 4) is 0 Å². The summed E-state index contributed by atoms with van der Waals surface area (Å²) in [6.07, 6.45) is 5.07. The van der Waals surface area contributed by atoms with Gasteiger partial charge in [-0.15, -0.1) is 0 Å². The summed E-state index contributed by atoms with van der Waals surface area (Å²) < 4.78 is 3.19. The van der Waals surface area contributed by atoms with Gasteiger partial charge in [0.1, 0.15) is 0 Å². The molecule has 0 unspecified atom stereocenters. The number of hydrogen-bond donors (Lipinski definition) is 1. The number of nitrogens with zero attached hydrogens (tertiary/aromatic N) is 2. The third-order valence-corrected chi connectivity index (χ3v) is 2.38. The van der Waals surface area contributed by atoms with Gasteiger partial charge in [-0.25, -0.2) is 0 Å². The van der Waals surface area contributed by atoms with Crippen molar-refractivity contribution in [1.82, 2.24) is 15.1 Å². The van der Waals surface area contributed by atoms with Crippen LogP contribution in [0.4, 0.5) is 0 Å². The molecule has 0 bridgehead atoms. The lowest BCUT2D eigenvalue weighted by atomic mass is 10.1. The normalized spacial score (nSPS) is 12.0. The Bertz CT molecular complexity index is 275. The Balaban J connectivity index is 2.16. The Morgan fingerprint density at radius 3 is 2.71 bits per heavy atom. The molecule has 1 aromatic heterocycles. The smallest absolute Gasteiger partial charge is 0.0623 e. The van der Waals surface area contributed by atoms with Crippen LogP contribution in [0.15, 0.2) is 12.4 Å². The van der Waals surface area contributed by atoms with Gasteiger partial charge in [0.2, 0.25) is 0 Å². The first-order valence-electron chi connectivity index (χ1n) is 4.90. The Hall–Kier alpha value is -0.100. The molecule has 1 rings (SSSR count). The van der Waals surface area contributed by atoms with Crippen molar-refractivity contribution >= 4 is 22.6 Å². The summed E-state index contributed by atoms with van der Waals surface area (Å²) in [7, 11) is 0. The first-order chi connectivity index (χ1) is 6.47. The molecule has 0 radical (unpaired) electrons. The maximum atomic E-state index is 4.23. The minimum absolute atomic E-state index is 0.221. The van der Waals surface area contributed by atoms with Crippen molar-refractivity contribution in [1.29, 1.82) is 0 Å². The van der Waals surface area contributed by atoms with Crippen LogP contribution in [0.1, 0.15) is 27.2 Å². The number of nitrogens with one attached hydrogen (secondary N) is 1. The monoisotopic (exact) mass is 307 g/mol. The minimum atomic E-state index is 0.221. The van der Waals surface area contributed by atoms with E-state index in [0.717, 1.165) is 19.5 Å². The zero-order chi connectivity index (χ0) is 10.6. The first-order valence-corrected chi connectivity index (χ1v) is 5.98. The van der Waals surface area contributed by atoms with E-state index < -0.39 is 0 Å². The number of hydrogen-bond acceptors (Lipinski definition) is 2. The predicted molar refractivity (Wildman–Crippen MR) is 67.3 cm³/mol. The average molecular weight is 307 g/mol. The molecule has 1 heterocycles. The maximum absolute atomic E-state index is 4.23. The summed E-state index contributed by atoms with van der Waals surface area (Å²) >= 11 is 2.28. The molecule has 0 aliphatic rings. The van der Waals surface area contributed by atoms with Crippen LogP contribution in [0.5, 0.6) is 0 Å². The third kappa shape index (κ3) is 4.95. The van der Waals surface area contributed by atoms with Gasteiger partial charge in [0, 0.05) is 18.3 Å². The maximum Gasteiger partial charge on any atom is 0.0623 e. The molecule has 1 N–H and O–H groups in total. The van der Waals surface area contributed by atoms with Crippen LogP contribution >= 0.6 is 22.6 Å². The fourth-order valence-corrected chi connectivity index (χ4v) is 1.61. The molecule has 3 nitrogen and oxygen atoms in total. The summed E-state index contributed by atoms with van der Waals surface area (Å²) in [5.41, 5.74) is 0.221. The fourth-order valence-electron chi connectivity index (χ4n) is 1.17. The molecule has 14 heavy (non-hydrogen) atoms. The predicted octanol–water partition coefficient (Wildman–Crippen LogP) is 2.27. The summed E-state index contributed by atoms with van der Waals surface area (Å²) in [6, 6.07) is 0. The lowest BCUT2D eigenvalue weighted by Crippen LogP contribution is -2.36. The molecule has 0 aromatic carbocycles. The third-order valence-electron chi connectivity index (χ3n) is 1.82. The van der Waals surface area contributed by atoms with Gasteiger partial charge in [-0.3, -0.25) is 4.68 Å². The van der Waals surface area contributed by atoms with Crippen molar-refractivity contribution in [2.45, 2.75) is 39.3 Å². The lowest BCUT2D eigenvalue weighted by molar-refractivity contribution is 0.409. The van der Waals surface area contributed by atoms with E-state index >= 15 is 0 Å². The Labute approximate surface area is 99.4 Å². The molecule has 0 saturated carbocycles. The van der Waals surface area contributed by atoms with Crippen LogP contribution in [0.25, 0.3) is 0 Å². The van der Waals surface area contributed by atoms with Crippen LogP contribution in [-0.2, 0) is 6.54 Å². The molecule has 0 amide bonds.